The molecule has 0 heterocycles. The standard InChI is InChI=1S/C14H10Cl3FO/c15-10-1-2-13(18)8(3-10)6-14(19)9-4-11(16)7-12(17)5-9/h1-5,7,14,19H,6H2. The van der Waals surface area contributed by atoms with Crippen molar-refractivity contribution >= 4 is 34.8 Å². The summed E-state index contributed by atoms with van der Waals surface area (Å²) in [7, 11) is 0. The minimum Gasteiger partial charge on any atom is -0.388 e. The van der Waals surface area contributed by atoms with E-state index in [9.17, 15) is 9.50 Å². The fourth-order valence-corrected chi connectivity index (χ4v) is 2.53. The molecule has 100 valence electrons. The van der Waals surface area contributed by atoms with E-state index in [1.165, 1.54) is 18.2 Å². The Bertz CT molecular complexity index is 581. The van der Waals surface area contributed by atoms with Gasteiger partial charge in [0.05, 0.1) is 6.10 Å². The second kappa shape index (κ2) is 6.10. The maximum Gasteiger partial charge on any atom is 0.126 e. The van der Waals surface area contributed by atoms with E-state index >= 15 is 0 Å². The minimum atomic E-state index is -0.899. The number of aliphatic hydroxyl groups is 1. The summed E-state index contributed by atoms with van der Waals surface area (Å²) in [5, 5.41) is 11.4. The zero-order valence-electron chi connectivity index (χ0n) is 9.71. The monoisotopic (exact) mass is 318 g/mol. The van der Waals surface area contributed by atoms with Crippen LogP contribution in [0.1, 0.15) is 17.2 Å². The smallest absolute Gasteiger partial charge is 0.126 e. The van der Waals surface area contributed by atoms with Crippen molar-refractivity contribution in [2.45, 2.75) is 12.5 Å². The van der Waals surface area contributed by atoms with Gasteiger partial charge in [-0.15, -0.1) is 0 Å². The normalized spacial score (nSPS) is 12.5. The highest BCUT2D eigenvalue weighted by Crippen LogP contribution is 2.27. The first-order chi connectivity index (χ1) is 8.95. The van der Waals surface area contributed by atoms with Gasteiger partial charge in [-0.25, -0.2) is 4.39 Å². The zero-order valence-corrected chi connectivity index (χ0v) is 12.0. The van der Waals surface area contributed by atoms with Crippen LogP contribution in [0.3, 0.4) is 0 Å². The molecule has 1 atom stereocenters. The average Bonchev–Trinajstić information content (AvgIpc) is 2.32. The molecule has 0 aromatic heterocycles. The Morgan fingerprint density at radius 1 is 0.947 bits per heavy atom. The van der Waals surface area contributed by atoms with Crippen LogP contribution in [-0.4, -0.2) is 5.11 Å². The Labute approximate surface area is 125 Å². The molecule has 2 aromatic carbocycles. The van der Waals surface area contributed by atoms with Crippen LogP contribution in [0, 0.1) is 5.82 Å². The summed E-state index contributed by atoms with van der Waals surface area (Å²) < 4.78 is 13.6. The van der Waals surface area contributed by atoms with Crippen molar-refractivity contribution in [2.75, 3.05) is 0 Å². The van der Waals surface area contributed by atoms with E-state index in [2.05, 4.69) is 0 Å². The van der Waals surface area contributed by atoms with E-state index in [0.717, 1.165) is 0 Å². The molecule has 1 unspecified atom stereocenters. The lowest BCUT2D eigenvalue weighted by Gasteiger charge is -2.13. The molecule has 0 aliphatic rings. The molecule has 0 aliphatic carbocycles. The Morgan fingerprint density at radius 3 is 2.21 bits per heavy atom. The molecule has 0 amide bonds. The van der Waals surface area contributed by atoms with E-state index in [-0.39, 0.29) is 6.42 Å². The first kappa shape index (κ1) is 14.6. The molecule has 0 saturated carbocycles. The van der Waals surface area contributed by atoms with E-state index in [1.54, 1.807) is 18.2 Å². The van der Waals surface area contributed by atoms with Crippen LogP contribution in [0.4, 0.5) is 4.39 Å². The summed E-state index contributed by atoms with van der Waals surface area (Å²) in [6, 6.07) is 8.99. The van der Waals surface area contributed by atoms with Crippen LogP contribution < -0.4 is 0 Å². The van der Waals surface area contributed by atoms with Gasteiger partial charge in [-0.05, 0) is 47.5 Å². The first-order valence-electron chi connectivity index (χ1n) is 5.53. The van der Waals surface area contributed by atoms with Gasteiger partial charge in [-0.1, -0.05) is 34.8 Å². The van der Waals surface area contributed by atoms with E-state index in [4.69, 9.17) is 34.8 Å². The number of halogens is 4. The van der Waals surface area contributed by atoms with E-state index in [1.807, 2.05) is 0 Å². The Hall–Kier alpha value is -0.800. The van der Waals surface area contributed by atoms with Gasteiger partial charge in [-0.3, -0.25) is 0 Å². The number of hydrogen-bond acceptors (Lipinski definition) is 1. The van der Waals surface area contributed by atoms with Gasteiger partial charge in [-0.2, -0.15) is 0 Å². The van der Waals surface area contributed by atoms with Gasteiger partial charge in [0.1, 0.15) is 5.82 Å². The van der Waals surface area contributed by atoms with Gasteiger partial charge in [0.25, 0.3) is 0 Å². The molecule has 0 fully saturated rings. The highest BCUT2D eigenvalue weighted by Gasteiger charge is 2.13. The molecular weight excluding hydrogens is 310 g/mol. The van der Waals surface area contributed by atoms with E-state index in [0.29, 0.717) is 26.2 Å². The molecule has 0 radical (unpaired) electrons. The van der Waals surface area contributed by atoms with Crippen molar-refractivity contribution < 1.29 is 9.50 Å². The number of benzene rings is 2. The third-order valence-corrected chi connectivity index (χ3v) is 3.36. The summed E-state index contributed by atoms with van der Waals surface area (Å²) in [6.45, 7) is 0. The Morgan fingerprint density at radius 2 is 1.58 bits per heavy atom. The van der Waals surface area contributed by atoms with Crippen LogP contribution in [0.2, 0.25) is 15.1 Å². The van der Waals surface area contributed by atoms with Crippen molar-refractivity contribution in [2.24, 2.45) is 0 Å². The lowest BCUT2D eigenvalue weighted by Crippen LogP contribution is -2.03. The molecule has 19 heavy (non-hydrogen) atoms. The molecule has 0 bridgehead atoms. The first-order valence-corrected chi connectivity index (χ1v) is 6.67. The van der Waals surface area contributed by atoms with Crippen LogP contribution >= 0.6 is 34.8 Å². The molecule has 2 aromatic rings. The number of rotatable bonds is 3. The molecule has 0 aliphatic heterocycles. The lowest BCUT2D eigenvalue weighted by molar-refractivity contribution is 0.177. The van der Waals surface area contributed by atoms with Crippen molar-refractivity contribution in [3.63, 3.8) is 0 Å². The summed E-state index contributed by atoms with van der Waals surface area (Å²) in [5.41, 5.74) is 0.882. The van der Waals surface area contributed by atoms with Crippen LogP contribution in [0.15, 0.2) is 36.4 Å². The van der Waals surface area contributed by atoms with Crippen molar-refractivity contribution in [1.82, 2.24) is 0 Å². The zero-order chi connectivity index (χ0) is 14.0. The Kier molecular flexibility index (Phi) is 4.69. The third kappa shape index (κ3) is 3.83. The third-order valence-electron chi connectivity index (χ3n) is 2.69. The van der Waals surface area contributed by atoms with Crippen molar-refractivity contribution in [1.29, 1.82) is 0 Å². The summed E-state index contributed by atoms with van der Waals surface area (Å²) in [4.78, 5) is 0. The fourth-order valence-electron chi connectivity index (χ4n) is 1.79. The summed E-state index contributed by atoms with van der Waals surface area (Å²) in [5.74, 6) is -0.406. The number of aliphatic hydroxyl groups excluding tert-OH is 1. The molecular formula is C14H10Cl3FO. The van der Waals surface area contributed by atoms with Gasteiger partial charge in [0, 0.05) is 21.5 Å². The molecule has 1 N–H and O–H groups in total. The van der Waals surface area contributed by atoms with Crippen LogP contribution in [0.25, 0.3) is 0 Å². The SMILES string of the molecule is OC(Cc1cc(Cl)ccc1F)c1cc(Cl)cc(Cl)c1. The molecule has 1 nitrogen and oxygen atoms in total. The highest BCUT2D eigenvalue weighted by molar-refractivity contribution is 6.34. The Balaban J connectivity index is 2.25. The number of hydrogen-bond donors (Lipinski definition) is 1. The molecule has 5 heteroatoms. The quantitative estimate of drug-likeness (QED) is 0.838. The topological polar surface area (TPSA) is 20.2 Å². The second-order valence-corrected chi connectivity index (χ2v) is 5.47. The maximum absolute atomic E-state index is 13.6. The fraction of sp³-hybridized carbons (Fsp3) is 0.143. The van der Waals surface area contributed by atoms with Crippen molar-refractivity contribution in [3.05, 3.63) is 68.4 Å². The predicted octanol–water partition coefficient (Wildman–Crippen LogP) is 5.06. The van der Waals surface area contributed by atoms with Gasteiger partial charge in [0.15, 0.2) is 0 Å². The predicted molar refractivity (Wildman–Crippen MR) is 76.5 cm³/mol. The van der Waals surface area contributed by atoms with E-state index < -0.39 is 11.9 Å². The summed E-state index contributed by atoms with van der Waals surface area (Å²) >= 11 is 17.5. The molecule has 0 saturated heterocycles. The van der Waals surface area contributed by atoms with Gasteiger partial charge < -0.3 is 5.11 Å². The summed E-state index contributed by atoms with van der Waals surface area (Å²) in [6.07, 6.45) is -0.799. The van der Waals surface area contributed by atoms with Crippen LogP contribution in [-0.2, 0) is 6.42 Å². The van der Waals surface area contributed by atoms with Crippen LogP contribution in [0.5, 0.6) is 0 Å². The van der Waals surface area contributed by atoms with Gasteiger partial charge >= 0.3 is 0 Å². The molecule has 0 spiro atoms. The maximum atomic E-state index is 13.6. The average molecular weight is 320 g/mol. The highest BCUT2D eigenvalue weighted by atomic mass is 35.5. The second-order valence-electron chi connectivity index (χ2n) is 4.16. The van der Waals surface area contributed by atoms with Crippen molar-refractivity contribution in [3.8, 4) is 0 Å². The lowest BCUT2D eigenvalue weighted by atomic mass is 10.0. The largest absolute Gasteiger partial charge is 0.388 e. The minimum absolute atomic E-state index is 0.100. The van der Waals surface area contributed by atoms with Gasteiger partial charge in [0.2, 0.25) is 0 Å². The molecule has 2 rings (SSSR count).